The zero-order chi connectivity index (χ0) is 26.1. The first-order valence-electron chi connectivity index (χ1n) is 11.5. The van der Waals surface area contributed by atoms with Crippen molar-refractivity contribution >= 4 is 63.6 Å². The minimum absolute atomic E-state index is 0.337. The molecule has 0 spiro atoms. The minimum Gasteiger partial charge on any atom is -0.457 e. The number of carbonyl (C=O) groups excluding carboxylic acids is 1. The minimum atomic E-state index is -0.337. The molecule has 0 unspecified atom stereocenters. The Bertz CT molecular complexity index is 1630. The Morgan fingerprint density at radius 2 is 1.70 bits per heavy atom. The highest BCUT2D eigenvalue weighted by Crippen LogP contribution is 2.33. The fourth-order valence-electron chi connectivity index (χ4n) is 3.82. The molecule has 5 aromatic rings. The van der Waals surface area contributed by atoms with Crippen molar-refractivity contribution in [3.05, 3.63) is 99.2 Å². The van der Waals surface area contributed by atoms with Crippen LogP contribution in [0.3, 0.4) is 0 Å². The van der Waals surface area contributed by atoms with Crippen LogP contribution in [0.25, 0.3) is 40.0 Å². The predicted molar refractivity (Wildman–Crippen MR) is 150 cm³/mol. The molecule has 5 rings (SSSR count). The van der Waals surface area contributed by atoms with Crippen LogP contribution in [0.4, 0.5) is 5.69 Å². The molecule has 0 fully saturated rings. The second kappa shape index (κ2) is 10.5. The summed E-state index contributed by atoms with van der Waals surface area (Å²) >= 11 is 18.6. The van der Waals surface area contributed by atoms with E-state index in [0.29, 0.717) is 55.2 Å². The number of anilines is 1. The number of furan rings is 1. The lowest BCUT2D eigenvalue weighted by molar-refractivity contribution is -0.111. The Hall–Kier alpha value is -3.51. The van der Waals surface area contributed by atoms with Crippen LogP contribution in [0.5, 0.6) is 0 Å². The number of halogens is 3. The third-order valence-electron chi connectivity index (χ3n) is 5.72. The molecule has 0 aliphatic heterocycles. The molecule has 5 nitrogen and oxygen atoms in total. The highest BCUT2D eigenvalue weighted by Gasteiger charge is 2.14. The van der Waals surface area contributed by atoms with Gasteiger partial charge in [0.25, 0.3) is 0 Å². The van der Waals surface area contributed by atoms with E-state index < -0.39 is 0 Å². The van der Waals surface area contributed by atoms with Crippen LogP contribution in [0.2, 0.25) is 15.1 Å². The van der Waals surface area contributed by atoms with E-state index in [-0.39, 0.29) is 5.91 Å². The van der Waals surface area contributed by atoms with Gasteiger partial charge in [-0.15, -0.1) is 0 Å². The molecule has 1 N–H and O–H groups in total. The van der Waals surface area contributed by atoms with Gasteiger partial charge < -0.3 is 14.2 Å². The number of fused-ring (bicyclic) bond motifs is 1. The zero-order valence-electron chi connectivity index (χ0n) is 19.9. The largest absolute Gasteiger partial charge is 0.457 e. The summed E-state index contributed by atoms with van der Waals surface area (Å²) in [6.45, 7) is 4.25. The van der Waals surface area contributed by atoms with Gasteiger partial charge in [-0.2, -0.15) is 0 Å². The summed E-state index contributed by atoms with van der Waals surface area (Å²) in [7, 11) is 0. The summed E-state index contributed by atoms with van der Waals surface area (Å²) in [5, 5.41) is 4.32. The molecule has 186 valence electrons. The second-order valence-corrected chi connectivity index (χ2v) is 10.1. The molecule has 3 aromatic carbocycles. The van der Waals surface area contributed by atoms with Gasteiger partial charge in [-0.25, -0.2) is 4.98 Å². The van der Waals surface area contributed by atoms with Crippen molar-refractivity contribution in [3.8, 4) is 22.8 Å². The van der Waals surface area contributed by atoms with Crippen molar-refractivity contribution < 1.29 is 13.6 Å². The SMILES string of the molecule is CC(C)c1ccc2oc(-c3cc(NC(=O)/C=C/c4ccc(-c5cc(Cl)cc(Cl)c5)o4)ccc3Cl)nc2c1. The van der Waals surface area contributed by atoms with Crippen LogP contribution >= 0.6 is 34.8 Å². The Kier molecular flexibility index (Phi) is 7.11. The number of carbonyl (C=O) groups is 1. The fraction of sp³-hybridized carbons (Fsp3) is 0.103. The van der Waals surface area contributed by atoms with Gasteiger partial charge in [0.1, 0.15) is 17.0 Å². The van der Waals surface area contributed by atoms with Crippen LogP contribution in [0.1, 0.15) is 31.1 Å². The third kappa shape index (κ3) is 5.75. The number of hydrogen-bond donors (Lipinski definition) is 1. The molecule has 8 heteroatoms. The normalized spacial score (nSPS) is 11.6. The van der Waals surface area contributed by atoms with Gasteiger partial charge in [-0.05, 0) is 78.2 Å². The smallest absolute Gasteiger partial charge is 0.248 e. The quantitative estimate of drug-likeness (QED) is 0.213. The van der Waals surface area contributed by atoms with Crippen molar-refractivity contribution in [2.45, 2.75) is 19.8 Å². The molecule has 0 atom stereocenters. The molecule has 0 saturated carbocycles. The molecule has 2 heterocycles. The van der Waals surface area contributed by atoms with Crippen molar-refractivity contribution in [2.24, 2.45) is 0 Å². The van der Waals surface area contributed by atoms with Crippen LogP contribution in [-0.2, 0) is 4.79 Å². The number of hydrogen-bond acceptors (Lipinski definition) is 4. The number of rotatable bonds is 6. The molecular weight excluding hydrogens is 531 g/mol. The van der Waals surface area contributed by atoms with Crippen LogP contribution < -0.4 is 5.32 Å². The molecule has 2 aromatic heterocycles. The van der Waals surface area contributed by atoms with Crippen LogP contribution in [-0.4, -0.2) is 10.9 Å². The number of benzene rings is 3. The van der Waals surface area contributed by atoms with Crippen LogP contribution in [0, 0.1) is 0 Å². The van der Waals surface area contributed by atoms with E-state index >= 15 is 0 Å². The molecule has 0 radical (unpaired) electrons. The van der Waals surface area contributed by atoms with Gasteiger partial charge in [0.05, 0.1) is 10.6 Å². The Morgan fingerprint density at radius 1 is 0.919 bits per heavy atom. The van der Waals surface area contributed by atoms with Crippen molar-refractivity contribution in [1.82, 2.24) is 4.98 Å². The Balaban J connectivity index is 1.32. The van der Waals surface area contributed by atoms with Crippen LogP contribution in [0.15, 0.2) is 81.6 Å². The predicted octanol–water partition coefficient (Wildman–Crippen LogP) is 9.49. The summed E-state index contributed by atoms with van der Waals surface area (Å²) in [6.07, 6.45) is 2.96. The highest BCUT2D eigenvalue weighted by atomic mass is 35.5. The molecule has 0 saturated heterocycles. The second-order valence-electron chi connectivity index (χ2n) is 8.78. The fourth-order valence-corrected chi connectivity index (χ4v) is 4.55. The molecular formula is C29H21Cl3N2O3. The van der Waals surface area contributed by atoms with Crippen molar-refractivity contribution in [3.63, 3.8) is 0 Å². The number of nitrogens with one attached hydrogen (secondary N) is 1. The standard InChI is InChI=1S/C29H21Cl3N2O3/c1-16(2)17-3-8-27-25(13-17)34-29(37-27)23-15-21(4-7-24(23)32)33-28(35)10-6-22-5-9-26(36-22)18-11-19(30)14-20(31)12-18/h3-16H,1-2H3,(H,33,35)/b10-6+. The molecule has 0 aliphatic carbocycles. The Labute approximate surface area is 228 Å². The maximum atomic E-state index is 12.6. The van der Waals surface area contributed by atoms with Gasteiger partial charge in [0, 0.05) is 27.4 Å². The summed E-state index contributed by atoms with van der Waals surface area (Å²) in [4.78, 5) is 17.2. The number of aromatic nitrogens is 1. The first kappa shape index (κ1) is 25.2. The van der Waals surface area contributed by atoms with Crippen molar-refractivity contribution in [2.75, 3.05) is 5.32 Å². The molecule has 0 aliphatic rings. The lowest BCUT2D eigenvalue weighted by Crippen LogP contribution is -2.07. The summed E-state index contributed by atoms with van der Waals surface area (Å²) < 4.78 is 11.7. The van der Waals surface area contributed by atoms with E-state index in [0.717, 1.165) is 11.1 Å². The van der Waals surface area contributed by atoms with E-state index in [2.05, 4.69) is 24.1 Å². The van der Waals surface area contributed by atoms with Gasteiger partial charge in [0.15, 0.2) is 5.58 Å². The Morgan fingerprint density at radius 3 is 2.46 bits per heavy atom. The van der Waals surface area contributed by atoms with Crippen molar-refractivity contribution in [1.29, 1.82) is 0 Å². The summed E-state index contributed by atoms with van der Waals surface area (Å²) in [5.74, 6) is 1.52. The van der Waals surface area contributed by atoms with E-state index in [9.17, 15) is 4.79 Å². The monoisotopic (exact) mass is 550 g/mol. The topological polar surface area (TPSA) is 68.3 Å². The maximum absolute atomic E-state index is 12.6. The molecule has 0 bridgehead atoms. The average molecular weight is 552 g/mol. The third-order valence-corrected chi connectivity index (χ3v) is 6.48. The highest BCUT2D eigenvalue weighted by molar-refractivity contribution is 6.35. The van der Waals surface area contributed by atoms with E-state index in [1.54, 1.807) is 54.6 Å². The first-order chi connectivity index (χ1) is 17.7. The molecule has 37 heavy (non-hydrogen) atoms. The average Bonchev–Trinajstić information content (AvgIpc) is 3.50. The van der Waals surface area contributed by atoms with Gasteiger partial charge >= 0.3 is 0 Å². The van der Waals surface area contributed by atoms with Gasteiger partial charge in [0.2, 0.25) is 11.8 Å². The molecule has 1 amide bonds. The van der Waals surface area contributed by atoms with Gasteiger partial charge in [-0.3, -0.25) is 4.79 Å². The lowest BCUT2D eigenvalue weighted by atomic mass is 10.0. The first-order valence-corrected chi connectivity index (χ1v) is 12.6. The summed E-state index contributed by atoms with van der Waals surface area (Å²) in [6, 6.07) is 19.8. The van der Waals surface area contributed by atoms with E-state index in [1.807, 2.05) is 18.2 Å². The lowest BCUT2D eigenvalue weighted by Gasteiger charge is -2.05. The van der Waals surface area contributed by atoms with E-state index in [4.69, 9.17) is 43.6 Å². The maximum Gasteiger partial charge on any atom is 0.248 e. The number of nitrogens with zero attached hydrogens (tertiary/aromatic N) is 1. The van der Waals surface area contributed by atoms with Gasteiger partial charge in [-0.1, -0.05) is 54.7 Å². The van der Waals surface area contributed by atoms with E-state index in [1.165, 1.54) is 11.6 Å². The zero-order valence-corrected chi connectivity index (χ0v) is 22.2. The summed E-state index contributed by atoms with van der Waals surface area (Å²) in [5.41, 5.74) is 4.48. The number of oxazole rings is 1. The number of amides is 1.